The van der Waals surface area contributed by atoms with E-state index in [4.69, 9.17) is 17.0 Å². The summed E-state index contributed by atoms with van der Waals surface area (Å²) in [5.41, 5.74) is 1.19. The van der Waals surface area contributed by atoms with Gasteiger partial charge in [0.05, 0.1) is 12.5 Å². The number of nitrogens with zero attached hydrogens (tertiary/aromatic N) is 3. The van der Waals surface area contributed by atoms with Gasteiger partial charge >= 0.3 is 0 Å². The molecule has 1 unspecified atom stereocenters. The molecule has 41 heavy (non-hydrogen) atoms. The molecule has 0 bridgehead atoms. The fourth-order valence-corrected chi connectivity index (χ4v) is 4.68. The SMILES string of the molecule is CN(C[C@H](O)CN1CCCC1)C(O)Nc1cc(Oc2ccc(NC(=S)NC(=O)Cc3ccccc3)cc2F)ccn1. The molecule has 1 amide bonds. The lowest BCUT2D eigenvalue weighted by atomic mass is 10.1. The number of likely N-dealkylation sites (tertiary alicyclic amines) is 1. The predicted molar refractivity (Wildman–Crippen MR) is 159 cm³/mol. The van der Waals surface area contributed by atoms with Crippen LogP contribution in [0.1, 0.15) is 18.4 Å². The third-order valence-electron chi connectivity index (χ3n) is 6.47. The largest absolute Gasteiger partial charge is 0.454 e. The van der Waals surface area contributed by atoms with Crippen LogP contribution in [0.2, 0.25) is 0 Å². The number of hydrogen-bond acceptors (Lipinski definition) is 9. The maximum atomic E-state index is 14.8. The van der Waals surface area contributed by atoms with Gasteiger partial charge in [0.1, 0.15) is 11.6 Å². The molecule has 0 saturated carbocycles. The van der Waals surface area contributed by atoms with Crippen LogP contribution in [0.25, 0.3) is 0 Å². The third-order valence-corrected chi connectivity index (χ3v) is 6.67. The molecular weight excluding hydrogens is 547 g/mol. The van der Waals surface area contributed by atoms with Gasteiger partial charge in [-0.25, -0.2) is 9.37 Å². The second kappa shape index (κ2) is 14.8. The molecule has 10 nitrogen and oxygen atoms in total. The van der Waals surface area contributed by atoms with Gasteiger partial charge < -0.3 is 35.8 Å². The highest BCUT2D eigenvalue weighted by atomic mass is 32.1. The number of rotatable bonds is 12. The normalized spacial score (nSPS) is 14.9. The fraction of sp³-hybridized carbons (Fsp3) is 0.345. The smallest absolute Gasteiger partial charge is 0.230 e. The maximum Gasteiger partial charge on any atom is 0.230 e. The number of aromatic nitrogens is 1. The highest BCUT2D eigenvalue weighted by Gasteiger charge is 2.20. The van der Waals surface area contributed by atoms with Gasteiger partial charge in [0, 0.05) is 37.1 Å². The number of thiocarbonyl (C=S) groups is 1. The molecule has 218 valence electrons. The van der Waals surface area contributed by atoms with Crippen molar-refractivity contribution in [1.29, 1.82) is 0 Å². The molecule has 3 aromatic rings. The summed E-state index contributed by atoms with van der Waals surface area (Å²) in [5, 5.41) is 29.2. The Morgan fingerprint density at radius 3 is 2.63 bits per heavy atom. The van der Waals surface area contributed by atoms with Crippen molar-refractivity contribution < 1.29 is 24.1 Å². The van der Waals surface area contributed by atoms with Gasteiger partial charge in [-0.1, -0.05) is 30.3 Å². The molecule has 1 aliphatic rings. The van der Waals surface area contributed by atoms with E-state index in [-0.39, 0.29) is 29.7 Å². The summed E-state index contributed by atoms with van der Waals surface area (Å²) in [4.78, 5) is 20.2. The van der Waals surface area contributed by atoms with Crippen LogP contribution in [0.15, 0.2) is 66.9 Å². The van der Waals surface area contributed by atoms with E-state index in [2.05, 4.69) is 25.8 Å². The summed E-state index contributed by atoms with van der Waals surface area (Å²) in [7, 11) is 1.69. The van der Waals surface area contributed by atoms with Crippen LogP contribution in [-0.2, 0) is 11.2 Å². The first-order valence-electron chi connectivity index (χ1n) is 13.4. The van der Waals surface area contributed by atoms with E-state index in [1.165, 1.54) is 24.4 Å². The number of anilines is 2. The average Bonchev–Trinajstić information content (AvgIpc) is 3.43. The van der Waals surface area contributed by atoms with Gasteiger partial charge in [-0.2, -0.15) is 0 Å². The number of likely N-dealkylation sites (N-methyl/N-ethyl adjacent to an activating group) is 1. The van der Waals surface area contributed by atoms with E-state index < -0.39 is 18.3 Å². The standard InChI is InChI=1S/C29H35FN6O4S/c1-35(18-22(37)19-36-13-5-6-14-36)29(39)33-26-17-23(11-12-31-26)40-25-10-9-21(16-24(25)30)32-28(41)34-27(38)15-20-7-3-2-4-8-20/h2-4,7-12,16-17,22,29,37,39H,5-6,13-15,18-19H2,1H3,(H,31,33)(H2,32,34,38,41)/t22-,29?/m0/s1. The Hall–Kier alpha value is -3.68. The van der Waals surface area contributed by atoms with Crippen molar-refractivity contribution in [2.75, 3.05) is 43.9 Å². The van der Waals surface area contributed by atoms with Gasteiger partial charge in [-0.05, 0) is 69.0 Å². The number of aliphatic hydroxyl groups is 2. The van der Waals surface area contributed by atoms with E-state index in [1.807, 2.05) is 30.3 Å². The van der Waals surface area contributed by atoms with Gasteiger partial charge in [0.15, 0.2) is 23.0 Å². The number of benzene rings is 2. The second-order valence-electron chi connectivity index (χ2n) is 9.91. The lowest BCUT2D eigenvalue weighted by Crippen LogP contribution is -2.45. The first kappa shape index (κ1) is 30.3. The summed E-state index contributed by atoms with van der Waals surface area (Å²) < 4.78 is 20.5. The van der Waals surface area contributed by atoms with E-state index in [9.17, 15) is 19.4 Å². The molecule has 1 saturated heterocycles. The van der Waals surface area contributed by atoms with Crippen molar-refractivity contribution >= 4 is 34.7 Å². The van der Waals surface area contributed by atoms with Crippen molar-refractivity contribution in [1.82, 2.24) is 20.1 Å². The molecule has 0 spiro atoms. The Bertz CT molecular complexity index is 1310. The van der Waals surface area contributed by atoms with Crippen LogP contribution in [0, 0.1) is 5.82 Å². The Morgan fingerprint density at radius 2 is 1.90 bits per heavy atom. The molecule has 0 aliphatic carbocycles. The number of nitrogens with one attached hydrogen (secondary N) is 3. The summed E-state index contributed by atoms with van der Waals surface area (Å²) in [6.45, 7) is 2.80. The number of aliphatic hydroxyl groups excluding tert-OH is 2. The summed E-state index contributed by atoms with van der Waals surface area (Å²) in [6, 6.07) is 16.5. The molecule has 2 heterocycles. The highest BCUT2D eigenvalue weighted by molar-refractivity contribution is 7.80. The molecule has 2 aromatic carbocycles. The predicted octanol–water partition coefficient (Wildman–Crippen LogP) is 3.15. The first-order chi connectivity index (χ1) is 19.7. The average molecular weight is 583 g/mol. The topological polar surface area (TPSA) is 122 Å². The zero-order valence-corrected chi connectivity index (χ0v) is 23.6. The van der Waals surface area contributed by atoms with E-state index in [1.54, 1.807) is 24.1 Å². The fourth-order valence-electron chi connectivity index (χ4n) is 4.45. The monoisotopic (exact) mass is 582 g/mol. The Balaban J connectivity index is 1.26. The van der Waals surface area contributed by atoms with Crippen LogP contribution < -0.4 is 20.7 Å². The number of hydrogen-bond donors (Lipinski definition) is 5. The van der Waals surface area contributed by atoms with Gasteiger partial charge in [-0.15, -0.1) is 0 Å². The number of β-amino-alcohol motifs (C(OH)–C–C–N with tert-alkyl or cyclic N) is 1. The number of carbonyl (C=O) groups excluding carboxylic acids is 1. The number of pyridine rings is 1. The zero-order valence-electron chi connectivity index (χ0n) is 22.8. The van der Waals surface area contributed by atoms with Gasteiger partial charge in [0.2, 0.25) is 5.91 Å². The molecule has 1 fully saturated rings. The van der Waals surface area contributed by atoms with Crippen molar-refractivity contribution in [2.45, 2.75) is 31.7 Å². The lowest BCUT2D eigenvalue weighted by Gasteiger charge is -2.28. The van der Waals surface area contributed by atoms with Gasteiger partial charge in [0.25, 0.3) is 0 Å². The summed E-state index contributed by atoms with van der Waals surface area (Å²) in [5.74, 6) is -0.354. The molecule has 1 aromatic heterocycles. The number of halogens is 1. The highest BCUT2D eigenvalue weighted by Crippen LogP contribution is 2.28. The molecule has 1 aliphatic heterocycles. The van der Waals surface area contributed by atoms with Crippen molar-refractivity contribution in [3.63, 3.8) is 0 Å². The van der Waals surface area contributed by atoms with E-state index in [0.29, 0.717) is 23.8 Å². The minimum absolute atomic E-state index is 0.0329. The lowest BCUT2D eigenvalue weighted by molar-refractivity contribution is -0.119. The van der Waals surface area contributed by atoms with Crippen molar-refractivity contribution in [3.8, 4) is 11.5 Å². The van der Waals surface area contributed by atoms with Crippen molar-refractivity contribution in [3.05, 3.63) is 78.2 Å². The molecule has 5 N–H and O–H groups in total. The summed E-state index contributed by atoms with van der Waals surface area (Å²) in [6.07, 6.45) is 2.22. The number of carbonyl (C=O) groups is 1. The number of amides is 1. The minimum atomic E-state index is -1.11. The Kier molecular flexibility index (Phi) is 10.9. The Morgan fingerprint density at radius 1 is 1.15 bits per heavy atom. The minimum Gasteiger partial charge on any atom is -0.454 e. The van der Waals surface area contributed by atoms with Crippen LogP contribution >= 0.6 is 12.2 Å². The third kappa shape index (κ3) is 9.73. The molecule has 4 rings (SSSR count). The van der Waals surface area contributed by atoms with Gasteiger partial charge in [-0.3, -0.25) is 9.69 Å². The van der Waals surface area contributed by atoms with Crippen molar-refractivity contribution in [2.24, 2.45) is 0 Å². The second-order valence-corrected chi connectivity index (χ2v) is 10.3. The molecule has 0 radical (unpaired) electrons. The van der Waals surface area contributed by atoms with Crippen LogP contribution in [0.3, 0.4) is 0 Å². The maximum absolute atomic E-state index is 14.8. The van der Waals surface area contributed by atoms with E-state index in [0.717, 1.165) is 31.5 Å². The van der Waals surface area contributed by atoms with Crippen LogP contribution in [0.4, 0.5) is 15.9 Å². The zero-order chi connectivity index (χ0) is 29.2. The molecule has 2 atom stereocenters. The molecular formula is C29H35FN6O4S. The van der Waals surface area contributed by atoms with Crippen LogP contribution in [-0.4, -0.2) is 81.7 Å². The molecule has 12 heteroatoms. The van der Waals surface area contributed by atoms with Crippen LogP contribution in [0.5, 0.6) is 11.5 Å². The Labute approximate surface area is 244 Å². The number of ether oxygens (including phenoxy) is 1. The quantitative estimate of drug-likeness (QED) is 0.161. The first-order valence-corrected chi connectivity index (χ1v) is 13.8. The summed E-state index contributed by atoms with van der Waals surface area (Å²) >= 11 is 5.18. The van der Waals surface area contributed by atoms with E-state index >= 15 is 0 Å².